The minimum atomic E-state index is -0.337. The molecule has 0 radical (unpaired) electrons. The first-order valence-corrected chi connectivity index (χ1v) is 12.8. The third-order valence-corrected chi connectivity index (χ3v) is 6.49. The maximum Gasteiger partial charge on any atom is 0.333 e. The fourth-order valence-electron chi connectivity index (χ4n) is 3.53. The number of carbonyl (C=O) groups excluding carboxylic acids is 3. The van der Waals surface area contributed by atoms with Crippen molar-refractivity contribution in [1.29, 1.82) is 0 Å². The van der Waals surface area contributed by atoms with Crippen LogP contribution in [0.3, 0.4) is 0 Å². The van der Waals surface area contributed by atoms with Crippen LogP contribution in [-0.4, -0.2) is 75.9 Å². The Bertz CT molecular complexity index is 848. The van der Waals surface area contributed by atoms with E-state index in [1.807, 2.05) is 0 Å². The van der Waals surface area contributed by atoms with E-state index in [1.54, 1.807) is 20.8 Å². The van der Waals surface area contributed by atoms with Crippen molar-refractivity contribution in [2.45, 2.75) is 71.7 Å². The molecule has 37 heavy (non-hydrogen) atoms. The molecule has 3 heterocycles. The second-order valence-corrected chi connectivity index (χ2v) is 10.3. The lowest BCUT2D eigenvalue weighted by Crippen LogP contribution is -2.46. The Kier molecular flexibility index (Phi) is 12.0. The molecular weight excluding hydrogens is 480 g/mol. The number of hydrogen-bond acceptors (Lipinski definition) is 9. The van der Waals surface area contributed by atoms with Crippen molar-refractivity contribution in [1.82, 2.24) is 0 Å². The highest BCUT2D eigenvalue weighted by Crippen LogP contribution is 2.39. The van der Waals surface area contributed by atoms with Crippen molar-refractivity contribution in [2.24, 2.45) is 11.3 Å². The van der Waals surface area contributed by atoms with Crippen LogP contribution in [-0.2, 0) is 42.8 Å². The van der Waals surface area contributed by atoms with Gasteiger partial charge in [-0.05, 0) is 52.4 Å². The van der Waals surface area contributed by atoms with E-state index in [2.05, 4.69) is 26.7 Å². The van der Waals surface area contributed by atoms with E-state index in [9.17, 15) is 14.4 Å². The summed E-state index contributed by atoms with van der Waals surface area (Å²) < 4.78 is 30.3. The molecule has 1 aliphatic carbocycles. The van der Waals surface area contributed by atoms with Gasteiger partial charge in [-0.2, -0.15) is 0 Å². The van der Waals surface area contributed by atoms with E-state index in [0.29, 0.717) is 74.5 Å². The van der Waals surface area contributed by atoms with Crippen molar-refractivity contribution in [3.05, 3.63) is 36.5 Å². The van der Waals surface area contributed by atoms with Crippen LogP contribution in [0, 0.1) is 11.3 Å². The first-order valence-electron chi connectivity index (χ1n) is 12.8. The molecule has 9 nitrogen and oxygen atoms in total. The molecule has 4 aliphatic rings. The van der Waals surface area contributed by atoms with Crippen molar-refractivity contribution >= 4 is 17.9 Å². The van der Waals surface area contributed by atoms with Gasteiger partial charge in [-0.3, -0.25) is 0 Å². The summed E-state index contributed by atoms with van der Waals surface area (Å²) in [5, 5.41) is 0. The normalized spacial score (nSPS) is 25.6. The van der Waals surface area contributed by atoms with E-state index >= 15 is 0 Å². The molecule has 0 spiro atoms. The smallest absolute Gasteiger partial charge is 0.333 e. The Morgan fingerprint density at radius 1 is 0.838 bits per heavy atom. The lowest BCUT2D eigenvalue weighted by molar-refractivity contribution is -0.167. The summed E-state index contributed by atoms with van der Waals surface area (Å²) in [6.07, 6.45) is 5.39. The Labute approximate surface area is 220 Å². The first-order chi connectivity index (χ1) is 17.5. The fraction of sp³-hybridized carbons (Fsp3) is 0.679. The van der Waals surface area contributed by atoms with Gasteiger partial charge in [0.2, 0.25) is 0 Å². The predicted octanol–water partition coefficient (Wildman–Crippen LogP) is 3.71. The van der Waals surface area contributed by atoms with Crippen molar-refractivity contribution in [3.8, 4) is 0 Å². The SMILES string of the molecule is C=C(C)C(=O)OCC1(CC)COC1.C=C(C)C(=O)OCC1CCC2OC2C1.C=C(C)C(=O)OCC1CO1. The summed E-state index contributed by atoms with van der Waals surface area (Å²) in [6.45, 7) is 21.0. The maximum absolute atomic E-state index is 11.1. The Morgan fingerprint density at radius 3 is 1.81 bits per heavy atom. The Hall–Kier alpha value is -2.49. The number of epoxide rings is 2. The highest BCUT2D eigenvalue weighted by Gasteiger charge is 2.44. The zero-order valence-corrected chi connectivity index (χ0v) is 22.7. The summed E-state index contributed by atoms with van der Waals surface area (Å²) in [4.78, 5) is 32.9. The molecule has 0 aromatic carbocycles. The summed E-state index contributed by atoms with van der Waals surface area (Å²) >= 11 is 0. The molecule has 0 amide bonds. The average molecular weight is 523 g/mol. The molecule has 4 atom stereocenters. The van der Waals surface area contributed by atoms with Crippen LogP contribution in [0.2, 0.25) is 0 Å². The molecule has 3 saturated heterocycles. The second-order valence-electron chi connectivity index (χ2n) is 10.3. The molecular formula is C28H42O9. The van der Waals surface area contributed by atoms with Gasteiger partial charge in [-0.1, -0.05) is 26.7 Å². The maximum atomic E-state index is 11.1. The van der Waals surface area contributed by atoms with Crippen molar-refractivity contribution < 1.29 is 42.8 Å². The van der Waals surface area contributed by atoms with Gasteiger partial charge in [0.05, 0.1) is 44.1 Å². The number of carbonyl (C=O) groups is 3. The third-order valence-electron chi connectivity index (χ3n) is 6.49. The molecule has 3 aliphatic heterocycles. The van der Waals surface area contributed by atoms with Crippen LogP contribution in [0.15, 0.2) is 36.5 Å². The summed E-state index contributed by atoms with van der Waals surface area (Å²) in [6, 6.07) is 0. The van der Waals surface area contributed by atoms with Gasteiger partial charge in [0.25, 0.3) is 0 Å². The minimum absolute atomic E-state index is 0.0745. The fourth-order valence-corrected chi connectivity index (χ4v) is 3.53. The predicted molar refractivity (Wildman–Crippen MR) is 137 cm³/mol. The highest BCUT2D eigenvalue weighted by molar-refractivity contribution is 5.87. The molecule has 0 N–H and O–H groups in total. The number of esters is 3. The number of fused-ring (bicyclic) bond motifs is 1. The van der Waals surface area contributed by atoms with E-state index in [-0.39, 0.29) is 29.4 Å². The van der Waals surface area contributed by atoms with Crippen LogP contribution in [0.4, 0.5) is 0 Å². The Morgan fingerprint density at radius 2 is 1.38 bits per heavy atom. The number of rotatable bonds is 10. The van der Waals surface area contributed by atoms with Gasteiger partial charge in [-0.15, -0.1) is 0 Å². The summed E-state index contributed by atoms with van der Waals surface area (Å²) in [5.74, 6) is -0.430. The monoisotopic (exact) mass is 522 g/mol. The molecule has 9 heteroatoms. The molecule has 0 aromatic rings. The van der Waals surface area contributed by atoms with Gasteiger partial charge in [-0.25, -0.2) is 14.4 Å². The van der Waals surface area contributed by atoms with Gasteiger partial charge in [0.1, 0.15) is 19.3 Å². The standard InChI is InChI=1S/C11H16O3.C10H16O3.C7H10O3/c1-7(2)11(12)13-6-8-3-4-9-10(5-8)14-9;1-4-10(5-12-6-10)7-13-9(11)8(2)3;1-5(2)7(8)10-4-6-3-9-6/h8-10H,1,3-6H2,2H3;2,4-7H2,1,3H3;6H,1,3-4H2,2H3. The van der Waals surface area contributed by atoms with E-state index in [4.69, 9.17) is 28.4 Å². The topological polar surface area (TPSA) is 113 Å². The molecule has 0 aromatic heterocycles. The Balaban J connectivity index is 0.000000198. The quantitative estimate of drug-likeness (QED) is 0.183. The van der Waals surface area contributed by atoms with Gasteiger partial charge < -0.3 is 28.4 Å². The molecule has 4 rings (SSSR count). The van der Waals surface area contributed by atoms with Crippen LogP contribution in [0.1, 0.15) is 53.4 Å². The molecule has 0 bridgehead atoms. The van der Waals surface area contributed by atoms with Gasteiger partial charge in [0.15, 0.2) is 0 Å². The van der Waals surface area contributed by atoms with Crippen LogP contribution < -0.4 is 0 Å². The zero-order chi connectivity index (χ0) is 27.6. The highest BCUT2D eigenvalue weighted by atomic mass is 16.6. The van der Waals surface area contributed by atoms with Crippen LogP contribution in [0.25, 0.3) is 0 Å². The first kappa shape index (κ1) is 30.7. The van der Waals surface area contributed by atoms with Crippen LogP contribution in [0.5, 0.6) is 0 Å². The van der Waals surface area contributed by atoms with E-state index in [1.165, 1.54) is 0 Å². The molecule has 4 unspecified atom stereocenters. The lowest BCUT2D eigenvalue weighted by Gasteiger charge is -2.39. The van der Waals surface area contributed by atoms with Gasteiger partial charge in [0, 0.05) is 16.7 Å². The number of ether oxygens (including phenoxy) is 6. The second kappa shape index (κ2) is 14.4. The van der Waals surface area contributed by atoms with Crippen LogP contribution >= 0.6 is 0 Å². The largest absolute Gasteiger partial charge is 0.462 e. The average Bonchev–Trinajstić information content (AvgIpc) is 3.76. The van der Waals surface area contributed by atoms with E-state index in [0.717, 1.165) is 25.7 Å². The lowest BCUT2D eigenvalue weighted by atomic mass is 9.84. The summed E-state index contributed by atoms with van der Waals surface area (Å²) in [5.41, 5.74) is 1.43. The minimum Gasteiger partial charge on any atom is -0.462 e. The zero-order valence-electron chi connectivity index (χ0n) is 22.7. The molecule has 1 saturated carbocycles. The molecule has 4 fully saturated rings. The van der Waals surface area contributed by atoms with E-state index < -0.39 is 0 Å². The number of hydrogen-bond donors (Lipinski definition) is 0. The molecule has 208 valence electrons. The van der Waals surface area contributed by atoms with Crippen molar-refractivity contribution in [3.63, 3.8) is 0 Å². The summed E-state index contributed by atoms with van der Waals surface area (Å²) in [7, 11) is 0. The third kappa shape index (κ3) is 11.2. The van der Waals surface area contributed by atoms with Gasteiger partial charge >= 0.3 is 17.9 Å². The van der Waals surface area contributed by atoms with Crippen molar-refractivity contribution in [2.75, 3.05) is 39.6 Å².